The minimum absolute atomic E-state index is 0.221. The summed E-state index contributed by atoms with van der Waals surface area (Å²) in [4.78, 5) is 13.3. The van der Waals surface area contributed by atoms with Crippen LogP contribution in [0.2, 0.25) is 10.0 Å². The number of nitrogens with zero attached hydrogens (tertiary/aromatic N) is 1. The third-order valence-corrected chi connectivity index (χ3v) is 5.81. The van der Waals surface area contributed by atoms with Gasteiger partial charge in [-0.05, 0) is 48.7 Å². The van der Waals surface area contributed by atoms with Gasteiger partial charge < -0.3 is 5.11 Å². The molecule has 1 aliphatic heterocycles. The maximum atomic E-state index is 13.2. The standard InChI is InChI=1S/C20H18Cl2F3NO2/c21-16-8-2-7-15(17(16)22)18(26-9-3-5-13(11-26)19(27)28)12-4-1-6-14(10-12)20(23,24)25/h1-2,4,6-8,10,13,18H,3,5,9,11H2,(H,27,28). The Kier molecular flexibility index (Phi) is 6.22. The van der Waals surface area contributed by atoms with Gasteiger partial charge in [-0.3, -0.25) is 9.69 Å². The van der Waals surface area contributed by atoms with Crippen LogP contribution in [0, 0.1) is 5.92 Å². The summed E-state index contributed by atoms with van der Waals surface area (Å²) in [5.74, 6) is -1.50. The average Bonchev–Trinajstić information content (AvgIpc) is 2.65. The molecule has 0 radical (unpaired) electrons. The van der Waals surface area contributed by atoms with Crippen molar-refractivity contribution in [3.63, 3.8) is 0 Å². The van der Waals surface area contributed by atoms with E-state index in [4.69, 9.17) is 23.2 Å². The molecule has 28 heavy (non-hydrogen) atoms. The summed E-state index contributed by atoms with van der Waals surface area (Å²) in [5, 5.41) is 9.95. The second-order valence-corrected chi connectivity index (χ2v) is 7.63. The first-order chi connectivity index (χ1) is 13.2. The Morgan fingerprint density at radius 1 is 1.18 bits per heavy atom. The zero-order valence-electron chi connectivity index (χ0n) is 14.7. The Balaban J connectivity index is 2.10. The second kappa shape index (κ2) is 8.31. The molecule has 1 fully saturated rings. The van der Waals surface area contributed by atoms with E-state index in [1.54, 1.807) is 24.3 Å². The minimum atomic E-state index is -4.48. The predicted molar refractivity (Wildman–Crippen MR) is 102 cm³/mol. The molecule has 1 N–H and O–H groups in total. The van der Waals surface area contributed by atoms with Gasteiger partial charge in [0, 0.05) is 6.54 Å². The molecule has 3 rings (SSSR count). The molecule has 2 atom stereocenters. The van der Waals surface area contributed by atoms with Gasteiger partial charge in [-0.25, -0.2) is 0 Å². The Hall–Kier alpha value is -1.76. The van der Waals surface area contributed by atoms with Crippen LogP contribution in [0.1, 0.15) is 35.6 Å². The number of carbonyl (C=O) groups is 1. The Labute approximate surface area is 170 Å². The molecule has 2 aromatic rings. The third-order valence-electron chi connectivity index (χ3n) is 4.97. The molecule has 8 heteroatoms. The van der Waals surface area contributed by atoms with Crippen LogP contribution in [0.25, 0.3) is 0 Å². The van der Waals surface area contributed by atoms with E-state index >= 15 is 0 Å². The Morgan fingerprint density at radius 3 is 2.57 bits per heavy atom. The molecular formula is C20H18Cl2F3NO2. The minimum Gasteiger partial charge on any atom is -0.481 e. The highest BCUT2D eigenvalue weighted by molar-refractivity contribution is 6.42. The van der Waals surface area contributed by atoms with E-state index in [0.717, 1.165) is 12.1 Å². The number of likely N-dealkylation sites (tertiary alicyclic amines) is 1. The molecule has 3 nitrogen and oxygen atoms in total. The monoisotopic (exact) mass is 431 g/mol. The highest BCUT2D eigenvalue weighted by Crippen LogP contribution is 2.40. The van der Waals surface area contributed by atoms with Crippen molar-refractivity contribution in [1.82, 2.24) is 4.90 Å². The molecule has 0 aromatic heterocycles. The van der Waals surface area contributed by atoms with Crippen molar-refractivity contribution in [2.75, 3.05) is 13.1 Å². The number of rotatable bonds is 4. The summed E-state index contributed by atoms with van der Waals surface area (Å²) in [7, 11) is 0. The summed E-state index contributed by atoms with van der Waals surface area (Å²) in [6.45, 7) is 0.770. The van der Waals surface area contributed by atoms with E-state index in [2.05, 4.69) is 0 Å². The first-order valence-corrected chi connectivity index (χ1v) is 9.52. The average molecular weight is 432 g/mol. The van der Waals surface area contributed by atoms with Gasteiger partial charge in [-0.2, -0.15) is 13.2 Å². The van der Waals surface area contributed by atoms with E-state index in [-0.39, 0.29) is 11.6 Å². The van der Waals surface area contributed by atoms with Gasteiger partial charge >= 0.3 is 12.1 Å². The molecule has 1 heterocycles. The molecule has 150 valence electrons. The molecule has 0 bridgehead atoms. The van der Waals surface area contributed by atoms with Gasteiger partial charge in [0.2, 0.25) is 0 Å². The second-order valence-electron chi connectivity index (χ2n) is 6.84. The number of carboxylic acid groups (broad SMARTS) is 1. The zero-order valence-corrected chi connectivity index (χ0v) is 16.2. The van der Waals surface area contributed by atoms with Crippen molar-refractivity contribution >= 4 is 29.2 Å². The maximum Gasteiger partial charge on any atom is 0.416 e. The molecule has 0 saturated carbocycles. The lowest BCUT2D eigenvalue weighted by Crippen LogP contribution is -2.41. The van der Waals surface area contributed by atoms with E-state index in [1.165, 1.54) is 6.07 Å². The number of alkyl halides is 3. The van der Waals surface area contributed by atoms with Gasteiger partial charge in [0.1, 0.15) is 0 Å². The Bertz CT molecular complexity index is 873. The molecule has 2 unspecified atom stereocenters. The van der Waals surface area contributed by atoms with Crippen LogP contribution in [0.5, 0.6) is 0 Å². The summed E-state index contributed by atoms with van der Waals surface area (Å²) in [6, 6.07) is 9.42. The summed E-state index contributed by atoms with van der Waals surface area (Å²) in [6.07, 6.45) is -3.32. The smallest absolute Gasteiger partial charge is 0.416 e. The first-order valence-electron chi connectivity index (χ1n) is 8.76. The van der Waals surface area contributed by atoms with E-state index in [0.29, 0.717) is 35.5 Å². The third kappa shape index (κ3) is 4.45. The topological polar surface area (TPSA) is 40.5 Å². The lowest BCUT2D eigenvalue weighted by Gasteiger charge is -2.38. The molecule has 0 spiro atoms. The molecule has 0 amide bonds. The van der Waals surface area contributed by atoms with Crippen LogP contribution in [0.3, 0.4) is 0 Å². The maximum absolute atomic E-state index is 13.2. The van der Waals surface area contributed by atoms with Crippen LogP contribution in [0.4, 0.5) is 13.2 Å². The fourth-order valence-corrected chi connectivity index (χ4v) is 4.06. The highest BCUT2D eigenvalue weighted by Gasteiger charge is 2.35. The van der Waals surface area contributed by atoms with E-state index in [1.807, 2.05) is 4.90 Å². The van der Waals surface area contributed by atoms with E-state index < -0.39 is 29.7 Å². The van der Waals surface area contributed by atoms with Gasteiger partial charge in [0.05, 0.1) is 27.6 Å². The lowest BCUT2D eigenvalue weighted by molar-refractivity contribution is -0.143. The number of aliphatic carboxylic acids is 1. The van der Waals surface area contributed by atoms with Crippen molar-refractivity contribution in [1.29, 1.82) is 0 Å². The largest absolute Gasteiger partial charge is 0.481 e. The first kappa shape index (κ1) is 21.0. The van der Waals surface area contributed by atoms with Crippen LogP contribution in [0.15, 0.2) is 42.5 Å². The molecule has 1 saturated heterocycles. The quantitative estimate of drug-likeness (QED) is 0.654. The van der Waals surface area contributed by atoms with Crippen molar-refractivity contribution < 1.29 is 23.1 Å². The van der Waals surface area contributed by atoms with Crippen molar-refractivity contribution in [2.45, 2.75) is 25.1 Å². The molecule has 0 aliphatic carbocycles. The fourth-order valence-electron chi connectivity index (χ4n) is 3.65. The number of benzene rings is 2. The van der Waals surface area contributed by atoms with Gasteiger partial charge in [-0.1, -0.05) is 47.5 Å². The summed E-state index contributed by atoms with van der Waals surface area (Å²) < 4.78 is 39.7. The Morgan fingerprint density at radius 2 is 1.89 bits per heavy atom. The predicted octanol–water partition coefficient (Wildman–Crippen LogP) is 5.90. The number of hydrogen-bond acceptors (Lipinski definition) is 2. The normalized spacial score (nSPS) is 19.4. The van der Waals surface area contributed by atoms with Gasteiger partial charge in [-0.15, -0.1) is 0 Å². The van der Waals surface area contributed by atoms with Crippen molar-refractivity contribution in [3.8, 4) is 0 Å². The number of halogens is 5. The molecule has 1 aliphatic rings. The van der Waals surface area contributed by atoms with Crippen molar-refractivity contribution in [2.24, 2.45) is 5.92 Å². The lowest BCUT2D eigenvalue weighted by atomic mass is 9.90. The van der Waals surface area contributed by atoms with Gasteiger partial charge in [0.15, 0.2) is 0 Å². The van der Waals surface area contributed by atoms with E-state index in [9.17, 15) is 23.1 Å². The summed E-state index contributed by atoms with van der Waals surface area (Å²) >= 11 is 12.5. The molecule has 2 aromatic carbocycles. The zero-order chi connectivity index (χ0) is 20.5. The summed E-state index contributed by atoms with van der Waals surface area (Å²) in [5.41, 5.74) is 0.185. The van der Waals surface area contributed by atoms with Gasteiger partial charge in [0.25, 0.3) is 0 Å². The number of hydrogen-bond donors (Lipinski definition) is 1. The van der Waals surface area contributed by atoms with Crippen LogP contribution < -0.4 is 0 Å². The van der Waals surface area contributed by atoms with Crippen LogP contribution in [-0.4, -0.2) is 29.1 Å². The van der Waals surface area contributed by atoms with Crippen LogP contribution >= 0.6 is 23.2 Å². The highest BCUT2D eigenvalue weighted by atomic mass is 35.5. The SMILES string of the molecule is O=C(O)C1CCCN(C(c2cccc(C(F)(F)F)c2)c2cccc(Cl)c2Cl)C1. The van der Waals surface area contributed by atoms with Crippen molar-refractivity contribution in [3.05, 3.63) is 69.2 Å². The molecular weight excluding hydrogens is 414 g/mol. The fraction of sp³-hybridized carbons (Fsp3) is 0.350. The number of carboxylic acids is 1. The van der Waals surface area contributed by atoms with Crippen LogP contribution in [-0.2, 0) is 11.0 Å². The number of piperidine rings is 1.